The number of nitrogens with zero attached hydrogens (tertiary/aromatic N) is 1. The van der Waals surface area contributed by atoms with Crippen molar-refractivity contribution >= 4 is 11.8 Å². The van der Waals surface area contributed by atoms with E-state index in [2.05, 4.69) is 15.8 Å². The van der Waals surface area contributed by atoms with E-state index in [0.29, 0.717) is 13.2 Å². The molecule has 1 aliphatic heterocycles. The summed E-state index contributed by atoms with van der Waals surface area (Å²) in [4.78, 5) is 11.0. The lowest BCUT2D eigenvalue weighted by atomic mass is 10.3. The number of hydrogen-bond donors (Lipinski definition) is 2. The molecule has 15 heavy (non-hydrogen) atoms. The smallest absolute Gasteiger partial charge is 0.411 e. The number of allylic oxidation sites excluding steroid dienone is 1. The van der Waals surface area contributed by atoms with Crippen molar-refractivity contribution in [2.24, 2.45) is 5.10 Å². The maximum Gasteiger partial charge on any atom is 0.411 e. The Balaban J connectivity index is 0.000000921. The zero-order valence-electron chi connectivity index (χ0n) is 9.76. The Hall–Kier alpha value is -1.52. The van der Waals surface area contributed by atoms with Gasteiger partial charge in [-0.05, 0) is 19.9 Å². The van der Waals surface area contributed by atoms with Gasteiger partial charge in [0, 0.05) is 5.70 Å². The van der Waals surface area contributed by atoms with Gasteiger partial charge in [0.2, 0.25) is 0 Å². The Bertz CT molecular complexity index is 259. The molecule has 0 aromatic rings. The van der Waals surface area contributed by atoms with Crippen molar-refractivity contribution in [3.05, 3.63) is 11.8 Å². The molecule has 5 nitrogen and oxygen atoms in total. The van der Waals surface area contributed by atoms with Gasteiger partial charge in [0.25, 0.3) is 0 Å². The van der Waals surface area contributed by atoms with Gasteiger partial charge < -0.3 is 10.2 Å². The number of nitrogens with one attached hydrogen (secondary N) is 2. The van der Waals surface area contributed by atoms with Crippen LogP contribution in [0.5, 0.6) is 0 Å². The predicted octanol–water partition coefficient (Wildman–Crippen LogP) is 1.62. The summed E-state index contributed by atoms with van der Waals surface area (Å²) in [5.74, 6) is 0. The highest BCUT2D eigenvalue weighted by molar-refractivity contribution is 5.94. The molecular weight excluding hydrogens is 194 g/mol. The highest BCUT2D eigenvalue weighted by Crippen LogP contribution is 1.95. The molecule has 0 aromatic heterocycles. The van der Waals surface area contributed by atoms with E-state index in [9.17, 15) is 4.79 Å². The number of amides is 1. The highest BCUT2D eigenvalue weighted by Gasteiger charge is 2.07. The Morgan fingerprint density at radius 3 is 2.87 bits per heavy atom. The molecule has 1 amide bonds. The molecule has 0 spiro atoms. The van der Waals surface area contributed by atoms with Crippen LogP contribution in [-0.2, 0) is 4.74 Å². The van der Waals surface area contributed by atoms with Crippen LogP contribution in [0.2, 0.25) is 0 Å². The van der Waals surface area contributed by atoms with Crippen LogP contribution in [0.25, 0.3) is 0 Å². The van der Waals surface area contributed by atoms with E-state index in [-0.39, 0.29) is 0 Å². The fourth-order valence-electron chi connectivity index (χ4n) is 0.963. The Morgan fingerprint density at radius 1 is 1.67 bits per heavy atom. The van der Waals surface area contributed by atoms with Gasteiger partial charge in [0.1, 0.15) is 0 Å². The summed E-state index contributed by atoms with van der Waals surface area (Å²) in [6, 6.07) is 0. The first-order valence-electron chi connectivity index (χ1n) is 5.14. The number of carbonyl (C=O) groups is 1. The van der Waals surface area contributed by atoms with Crippen molar-refractivity contribution in [3.63, 3.8) is 0 Å². The fourth-order valence-corrected chi connectivity index (χ4v) is 0.963. The molecule has 5 heteroatoms. The summed E-state index contributed by atoms with van der Waals surface area (Å²) in [6.45, 7) is 8.51. The number of hydrazone groups is 1. The van der Waals surface area contributed by atoms with Gasteiger partial charge in [0.15, 0.2) is 0 Å². The number of carbonyl (C=O) groups excluding carboxylic acids is 1. The molecule has 0 fully saturated rings. The molecule has 1 aliphatic rings. The first kappa shape index (κ1) is 13.5. The summed E-state index contributed by atoms with van der Waals surface area (Å²) in [5, 5.41) is 6.54. The van der Waals surface area contributed by atoms with Crippen LogP contribution in [0.1, 0.15) is 27.7 Å². The molecule has 0 aromatic carbocycles. The number of alkyl carbamates (subject to hydrolysis) is 1. The van der Waals surface area contributed by atoms with Gasteiger partial charge in [-0.25, -0.2) is 4.79 Å². The van der Waals surface area contributed by atoms with Gasteiger partial charge in [0.05, 0.1) is 18.9 Å². The molecule has 0 atom stereocenters. The lowest BCUT2D eigenvalue weighted by Crippen LogP contribution is -2.31. The molecule has 0 radical (unpaired) electrons. The van der Waals surface area contributed by atoms with Crippen LogP contribution in [0.15, 0.2) is 16.9 Å². The minimum Gasteiger partial charge on any atom is -0.450 e. The lowest BCUT2D eigenvalue weighted by Gasteiger charge is -2.13. The van der Waals surface area contributed by atoms with E-state index >= 15 is 0 Å². The molecule has 0 saturated heterocycles. The van der Waals surface area contributed by atoms with Crippen LogP contribution >= 0.6 is 0 Å². The maximum atomic E-state index is 11.0. The van der Waals surface area contributed by atoms with E-state index in [1.165, 1.54) is 0 Å². The van der Waals surface area contributed by atoms with Crippen LogP contribution in [0.3, 0.4) is 0 Å². The predicted molar refractivity (Wildman–Crippen MR) is 60.7 cm³/mol. The van der Waals surface area contributed by atoms with Crippen molar-refractivity contribution in [1.82, 2.24) is 10.7 Å². The summed E-state index contributed by atoms with van der Waals surface area (Å²) in [5.41, 5.74) is 4.38. The Kier molecular flexibility index (Phi) is 7.05. The number of rotatable bonds is 2. The Labute approximate surface area is 90.6 Å². The first-order chi connectivity index (χ1) is 7.22. The monoisotopic (exact) mass is 213 g/mol. The quantitative estimate of drug-likeness (QED) is 0.732. The second-order valence-corrected chi connectivity index (χ2v) is 2.60. The second-order valence-electron chi connectivity index (χ2n) is 2.60. The van der Waals surface area contributed by atoms with Crippen molar-refractivity contribution in [2.75, 3.05) is 13.2 Å². The van der Waals surface area contributed by atoms with Gasteiger partial charge in [-0.3, -0.25) is 5.32 Å². The number of hydrogen-bond acceptors (Lipinski definition) is 4. The number of ether oxygens (including phenoxy) is 1. The first-order valence-corrected chi connectivity index (χ1v) is 5.14. The second kappa shape index (κ2) is 7.84. The van der Waals surface area contributed by atoms with Crippen molar-refractivity contribution in [2.45, 2.75) is 27.7 Å². The standard InChI is InChI=1S/C8H13N3O2.C2H6/c1-3-13-8(12)10-7-4-6(2)11-9-5-7;1-2/h4,9H,3,5H2,1-2H3,(H,10,12);1-2H3. The van der Waals surface area contributed by atoms with Crippen LogP contribution in [0.4, 0.5) is 4.79 Å². The lowest BCUT2D eigenvalue weighted by molar-refractivity contribution is 0.155. The van der Waals surface area contributed by atoms with E-state index in [0.717, 1.165) is 11.4 Å². The van der Waals surface area contributed by atoms with Gasteiger partial charge in [-0.2, -0.15) is 5.10 Å². The van der Waals surface area contributed by atoms with E-state index < -0.39 is 6.09 Å². The van der Waals surface area contributed by atoms with E-state index in [1.807, 2.05) is 20.8 Å². The average molecular weight is 213 g/mol. The maximum absolute atomic E-state index is 11.0. The third-order valence-electron chi connectivity index (χ3n) is 1.45. The summed E-state index contributed by atoms with van der Waals surface area (Å²) < 4.78 is 4.72. The zero-order chi connectivity index (χ0) is 11.7. The molecule has 1 rings (SSSR count). The zero-order valence-corrected chi connectivity index (χ0v) is 9.76. The van der Waals surface area contributed by atoms with Crippen LogP contribution in [-0.4, -0.2) is 25.0 Å². The minimum absolute atomic E-state index is 0.375. The Morgan fingerprint density at radius 2 is 2.33 bits per heavy atom. The fraction of sp³-hybridized carbons (Fsp3) is 0.600. The third-order valence-corrected chi connectivity index (χ3v) is 1.45. The molecule has 0 bridgehead atoms. The molecular formula is C10H19N3O2. The summed E-state index contributed by atoms with van der Waals surface area (Å²) in [7, 11) is 0. The molecule has 2 N–H and O–H groups in total. The molecule has 86 valence electrons. The molecule has 0 unspecified atom stereocenters. The average Bonchev–Trinajstić information content (AvgIpc) is 2.21. The molecule has 1 heterocycles. The van der Waals surface area contributed by atoms with Crippen LogP contribution < -0.4 is 10.7 Å². The normalized spacial score (nSPS) is 13.6. The highest BCUT2D eigenvalue weighted by atomic mass is 16.5. The van der Waals surface area contributed by atoms with Crippen LogP contribution in [0, 0.1) is 0 Å². The summed E-state index contributed by atoms with van der Waals surface area (Å²) in [6.07, 6.45) is 1.37. The van der Waals surface area contributed by atoms with Gasteiger partial charge in [-0.15, -0.1) is 0 Å². The van der Waals surface area contributed by atoms with E-state index in [1.54, 1.807) is 13.0 Å². The topological polar surface area (TPSA) is 62.7 Å². The van der Waals surface area contributed by atoms with Crippen molar-refractivity contribution in [1.29, 1.82) is 0 Å². The van der Waals surface area contributed by atoms with Crippen molar-refractivity contribution < 1.29 is 9.53 Å². The van der Waals surface area contributed by atoms with Gasteiger partial charge in [-0.1, -0.05) is 13.8 Å². The third kappa shape index (κ3) is 5.72. The minimum atomic E-state index is -0.426. The molecule has 0 saturated carbocycles. The van der Waals surface area contributed by atoms with E-state index in [4.69, 9.17) is 4.74 Å². The SMILES string of the molecule is CC.CCOC(=O)NC1=CC(C)=NNC1. The molecule has 0 aliphatic carbocycles. The van der Waals surface area contributed by atoms with Crippen molar-refractivity contribution in [3.8, 4) is 0 Å². The summed E-state index contributed by atoms with van der Waals surface area (Å²) >= 11 is 0. The largest absolute Gasteiger partial charge is 0.450 e. The van der Waals surface area contributed by atoms with Gasteiger partial charge >= 0.3 is 6.09 Å².